The Balaban J connectivity index is 1.33. The number of carbonyl (C=O) groups excluding carboxylic acids is 1. The number of halogens is 3. The molecule has 5 heterocycles. The number of aryl methyl sites for hydroxylation is 1. The maximum atomic E-state index is 14.3. The number of likely N-dealkylation sites (tertiary alicyclic amines) is 1. The second-order valence-corrected chi connectivity index (χ2v) is 10.9. The Bertz CT molecular complexity index is 1620. The van der Waals surface area contributed by atoms with Gasteiger partial charge in [-0.1, -0.05) is 5.92 Å². The smallest absolute Gasteiger partial charge is 0.417 e. The molecule has 2 N–H and O–H groups in total. The summed E-state index contributed by atoms with van der Waals surface area (Å²) in [6.07, 6.45) is -2.81. The van der Waals surface area contributed by atoms with E-state index in [1.165, 1.54) is 26.2 Å². The average Bonchev–Trinajstić information content (AvgIpc) is 3.61. The first-order chi connectivity index (χ1) is 20.7. The van der Waals surface area contributed by atoms with Crippen LogP contribution < -0.4 is 15.4 Å². The molecule has 1 aromatic carbocycles. The van der Waals surface area contributed by atoms with E-state index >= 15 is 0 Å². The summed E-state index contributed by atoms with van der Waals surface area (Å²) in [5.74, 6) is 5.62. The van der Waals surface area contributed by atoms with Gasteiger partial charge < -0.3 is 25.0 Å². The number of ether oxygens (including phenoxy) is 2. The Kier molecular flexibility index (Phi) is 7.64. The van der Waals surface area contributed by atoms with Gasteiger partial charge in [0.2, 0.25) is 0 Å². The fourth-order valence-corrected chi connectivity index (χ4v) is 6.10. The molecule has 0 bridgehead atoms. The van der Waals surface area contributed by atoms with E-state index in [9.17, 15) is 18.0 Å². The van der Waals surface area contributed by atoms with Crippen molar-refractivity contribution in [3.8, 4) is 17.9 Å². The first-order valence-electron chi connectivity index (χ1n) is 14.3. The summed E-state index contributed by atoms with van der Waals surface area (Å²) in [5.41, 5.74) is 7.58. The van der Waals surface area contributed by atoms with E-state index in [-0.39, 0.29) is 41.8 Å². The molecule has 1 fully saturated rings. The number of hydrogen-bond acceptors (Lipinski definition) is 8. The Labute approximate surface area is 247 Å². The molecule has 3 aromatic rings. The van der Waals surface area contributed by atoms with Crippen molar-refractivity contribution >= 4 is 17.4 Å². The number of nitrogens with two attached hydrogens (primary N) is 1. The fraction of sp³-hybridized carbons (Fsp3) is 0.467. The number of anilines is 2. The highest BCUT2D eigenvalue weighted by molar-refractivity contribution is 5.92. The van der Waals surface area contributed by atoms with Crippen LogP contribution in [0.25, 0.3) is 0 Å². The van der Waals surface area contributed by atoms with Gasteiger partial charge in [0.1, 0.15) is 5.82 Å². The van der Waals surface area contributed by atoms with Gasteiger partial charge in [0.05, 0.1) is 43.3 Å². The number of nitrogen functional groups attached to an aromatic ring is 1. The number of amides is 1. The van der Waals surface area contributed by atoms with Crippen molar-refractivity contribution in [1.82, 2.24) is 24.6 Å². The van der Waals surface area contributed by atoms with E-state index in [2.05, 4.69) is 31.8 Å². The minimum atomic E-state index is -4.66. The van der Waals surface area contributed by atoms with E-state index in [4.69, 9.17) is 15.2 Å². The van der Waals surface area contributed by atoms with Gasteiger partial charge in [-0.25, -0.2) is 0 Å². The maximum Gasteiger partial charge on any atom is 0.417 e. The number of methoxy groups -OCH3 is 1. The molecule has 6 rings (SSSR count). The largest absolute Gasteiger partial charge is 0.467 e. The highest BCUT2D eigenvalue weighted by Crippen LogP contribution is 2.43. The number of aromatic nitrogens is 4. The molecule has 2 aromatic heterocycles. The van der Waals surface area contributed by atoms with Gasteiger partial charge in [0.25, 0.3) is 5.91 Å². The summed E-state index contributed by atoms with van der Waals surface area (Å²) in [5, 5.41) is 4.61. The number of alkyl halides is 3. The van der Waals surface area contributed by atoms with Gasteiger partial charge in [0, 0.05) is 49.4 Å². The molecule has 0 saturated carbocycles. The maximum absolute atomic E-state index is 14.3. The Morgan fingerprint density at radius 1 is 1.12 bits per heavy atom. The Hall–Kier alpha value is -4.31. The van der Waals surface area contributed by atoms with Crippen LogP contribution in [0.5, 0.6) is 6.01 Å². The quantitative estimate of drug-likeness (QED) is 0.354. The van der Waals surface area contributed by atoms with Crippen molar-refractivity contribution in [3.05, 3.63) is 57.5 Å². The summed E-state index contributed by atoms with van der Waals surface area (Å²) in [7, 11) is 1.45. The molecule has 1 unspecified atom stereocenters. The van der Waals surface area contributed by atoms with Gasteiger partial charge in [0.15, 0.2) is 5.69 Å². The minimum Gasteiger partial charge on any atom is -0.467 e. The number of hydrogen-bond donors (Lipinski definition) is 1. The van der Waals surface area contributed by atoms with Crippen LogP contribution >= 0.6 is 0 Å². The number of rotatable bonds is 4. The second kappa shape index (κ2) is 11.4. The van der Waals surface area contributed by atoms with E-state index < -0.39 is 17.8 Å². The lowest BCUT2D eigenvalue weighted by Crippen LogP contribution is -2.29. The normalized spacial score (nSPS) is 18.4. The third-order valence-corrected chi connectivity index (χ3v) is 8.05. The number of nitrogens with zero attached hydrogens (tertiary/aromatic N) is 6. The van der Waals surface area contributed by atoms with Crippen molar-refractivity contribution < 1.29 is 27.4 Å². The molecule has 13 heteroatoms. The SMILES string of the molecule is CC#Cc1cc(N)cc(C2Cc3nc(OC)nc(N4CCCn5nc(C(=O)N6CCCC6)cc5C4)c3CO2)c1C(F)(F)F. The monoisotopic (exact) mass is 595 g/mol. The Morgan fingerprint density at radius 2 is 1.91 bits per heavy atom. The van der Waals surface area contributed by atoms with Crippen LogP contribution in [-0.2, 0) is 37.0 Å². The van der Waals surface area contributed by atoms with E-state index in [0.717, 1.165) is 38.0 Å². The summed E-state index contributed by atoms with van der Waals surface area (Å²) >= 11 is 0. The minimum absolute atomic E-state index is 0.00529. The molecule has 0 aliphatic carbocycles. The molecule has 43 heavy (non-hydrogen) atoms. The van der Waals surface area contributed by atoms with Crippen LogP contribution in [0.2, 0.25) is 0 Å². The summed E-state index contributed by atoms with van der Waals surface area (Å²) in [6, 6.07) is 4.48. The van der Waals surface area contributed by atoms with Gasteiger partial charge in [-0.15, -0.1) is 5.92 Å². The zero-order valence-corrected chi connectivity index (χ0v) is 24.0. The number of fused-ring (bicyclic) bond motifs is 2. The zero-order valence-electron chi connectivity index (χ0n) is 24.0. The molecule has 1 saturated heterocycles. The fourth-order valence-electron chi connectivity index (χ4n) is 6.10. The number of benzene rings is 1. The standard InChI is InChI=1S/C30H32F3N7O3/c1-3-7-18-12-19(34)13-21(26(18)30(31,32)33)25-15-23-22(17-43-25)27(36-29(35-23)42-2)39-10-6-11-40-20(16-39)14-24(37-40)28(41)38-8-4-5-9-38/h12-14,25H,4-6,8-11,15-17,34H2,1-2H3. The van der Waals surface area contributed by atoms with Crippen LogP contribution in [0.4, 0.5) is 24.7 Å². The lowest BCUT2D eigenvalue weighted by atomic mass is 9.91. The van der Waals surface area contributed by atoms with Gasteiger partial charge in [-0.3, -0.25) is 9.48 Å². The lowest BCUT2D eigenvalue weighted by Gasteiger charge is -2.31. The van der Waals surface area contributed by atoms with Crippen LogP contribution in [0.1, 0.15) is 76.4 Å². The molecule has 10 nitrogen and oxygen atoms in total. The molecule has 3 aliphatic rings. The van der Waals surface area contributed by atoms with Crippen molar-refractivity contribution in [3.63, 3.8) is 0 Å². The number of carbonyl (C=O) groups is 1. The van der Waals surface area contributed by atoms with Crippen LogP contribution in [-0.4, -0.2) is 57.3 Å². The van der Waals surface area contributed by atoms with E-state index in [1.807, 2.05) is 15.6 Å². The predicted molar refractivity (Wildman–Crippen MR) is 151 cm³/mol. The van der Waals surface area contributed by atoms with Gasteiger partial charge in [-0.05, 0) is 49.9 Å². The zero-order chi connectivity index (χ0) is 30.3. The Morgan fingerprint density at radius 3 is 2.63 bits per heavy atom. The predicted octanol–water partition coefficient (Wildman–Crippen LogP) is 4.11. The molecule has 3 aliphatic heterocycles. The first-order valence-corrected chi connectivity index (χ1v) is 14.3. The van der Waals surface area contributed by atoms with Crippen molar-refractivity contribution in [2.75, 3.05) is 37.4 Å². The van der Waals surface area contributed by atoms with E-state index in [0.29, 0.717) is 42.4 Å². The average molecular weight is 596 g/mol. The molecular formula is C30H32F3N7O3. The van der Waals surface area contributed by atoms with Crippen molar-refractivity contribution in [2.24, 2.45) is 0 Å². The molecule has 1 atom stereocenters. The van der Waals surface area contributed by atoms with Crippen molar-refractivity contribution in [2.45, 2.75) is 64.6 Å². The molecule has 226 valence electrons. The van der Waals surface area contributed by atoms with Crippen molar-refractivity contribution in [1.29, 1.82) is 0 Å². The summed E-state index contributed by atoms with van der Waals surface area (Å²) in [6.45, 7) is 4.67. The first kappa shape index (κ1) is 28.8. The molecule has 0 spiro atoms. The van der Waals surface area contributed by atoms with E-state index in [1.54, 1.807) is 0 Å². The second-order valence-electron chi connectivity index (χ2n) is 10.9. The van der Waals surface area contributed by atoms with Gasteiger partial charge >= 0.3 is 12.2 Å². The third-order valence-electron chi connectivity index (χ3n) is 8.05. The molecule has 1 amide bonds. The van der Waals surface area contributed by atoms with Crippen LogP contribution in [0.3, 0.4) is 0 Å². The third kappa shape index (κ3) is 5.59. The van der Waals surface area contributed by atoms with Gasteiger partial charge in [-0.2, -0.15) is 28.2 Å². The summed E-state index contributed by atoms with van der Waals surface area (Å²) in [4.78, 5) is 26.1. The topological polar surface area (TPSA) is 112 Å². The highest BCUT2D eigenvalue weighted by atomic mass is 19.4. The van der Waals surface area contributed by atoms with Crippen LogP contribution in [0, 0.1) is 11.8 Å². The highest BCUT2D eigenvalue weighted by Gasteiger charge is 2.40. The summed E-state index contributed by atoms with van der Waals surface area (Å²) < 4.78 is 56.3. The lowest BCUT2D eigenvalue weighted by molar-refractivity contribution is -0.140. The molecule has 0 radical (unpaired) electrons. The van der Waals surface area contributed by atoms with Crippen LogP contribution in [0.15, 0.2) is 18.2 Å². The molecular weight excluding hydrogens is 563 g/mol.